The molecule has 1 aliphatic rings. The first-order chi connectivity index (χ1) is 7.83. The van der Waals surface area contributed by atoms with Crippen LogP contribution >= 0.6 is 0 Å². The van der Waals surface area contributed by atoms with E-state index in [1.54, 1.807) is 0 Å². The van der Waals surface area contributed by atoms with E-state index in [0.717, 1.165) is 18.8 Å². The molecule has 1 fully saturated rings. The van der Waals surface area contributed by atoms with Gasteiger partial charge < -0.3 is 0 Å². The number of hydrogen-bond acceptors (Lipinski definition) is 1. The van der Waals surface area contributed by atoms with Gasteiger partial charge >= 0.3 is 0 Å². The number of hydrogen-bond donors (Lipinski definition) is 0. The molecule has 0 aliphatic heterocycles. The van der Waals surface area contributed by atoms with Crippen molar-refractivity contribution in [2.75, 3.05) is 0 Å². The van der Waals surface area contributed by atoms with Crippen molar-refractivity contribution in [1.29, 1.82) is 0 Å². The highest BCUT2D eigenvalue weighted by molar-refractivity contribution is 4.68. The summed E-state index contributed by atoms with van der Waals surface area (Å²) in [6, 6.07) is 0.266. The van der Waals surface area contributed by atoms with Gasteiger partial charge in [-0.1, -0.05) is 63.4 Å². The van der Waals surface area contributed by atoms with Gasteiger partial charge in [-0.2, -0.15) is 0 Å². The van der Waals surface area contributed by atoms with Crippen molar-refractivity contribution in [2.24, 2.45) is 11.0 Å². The standard InChI is InChI=1S/C13H25N3/c1-12-8-4-2-6-10-13(15-16-14)11-7-3-5-9-12/h12-13H,2-11H2,1H3. The number of rotatable bonds is 1. The smallest absolute Gasteiger partial charge is 0.0374 e. The molecule has 3 nitrogen and oxygen atoms in total. The second-order valence-electron chi connectivity index (χ2n) is 5.24. The summed E-state index contributed by atoms with van der Waals surface area (Å²) in [5.41, 5.74) is 8.50. The third kappa shape index (κ3) is 6.02. The van der Waals surface area contributed by atoms with E-state index in [9.17, 15) is 0 Å². The fraction of sp³-hybridized carbons (Fsp3) is 1.00. The summed E-state index contributed by atoms with van der Waals surface area (Å²) in [5.74, 6) is 0.910. The Morgan fingerprint density at radius 2 is 1.38 bits per heavy atom. The third-order valence-corrected chi connectivity index (χ3v) is 3.68. The molecular formula is C13H25N3. The zero-order valence-electron chi connectivity index (χ0n) is 10.6. The summed E-state index contributed by atoms with van der Waals surface area (Å²) in [6.07, 6.45) is 12.7. The first kappa shape index (κ1) is 13.4. The molecule has 3 heteroatoms. The van der Waals surface area contributed by atoms with Crippen LogP contribution in [0.25, 0.3) is 10.4 Å². The zero-order valence-corrected chi connectivity index (χ0v) is 10.6. The molecule has 0 saturated heterocycles. The van der Waals surface area contributed by atoms with Gasteiger partial charge in [0.1, 0.15) is 0 Å². The van der Waals surface area contributed by atoms with Crippen LogP contribution in [0.3, 0.4) is 0 Å². The van der Waals surface area contributed by atoms with Crippen molar-refractivity contribution in [3.63, 3.8) is 0 Å². The molecule has 0 radical (unpaired) electrons. The van der Waals surface area contributed by atoms with Crippen molar-refractivity contribution >= 4 is 0 Å². The average molecular weight is 223 g/mol. The molecule has 0 aromatic rings. The first-order valence-electron chi connectivity index (χ1n) is 6.87. The third-order valence-electron chi connectivity index (χ3n) is 3.68. The summed E-state index contributed by atoms with van der Waals surface area (Å²) in [5, 5.41) is 3.91. The molecule has 0 spiro atoms. The van der Waals surface area contributed by atoms with Gasteiger partial charge in [-0.15, -0.1) is 0 Å². The largest absolute Gasteiger partial charge is 0.0906 e. The predicted octanol–water partition coefficient (Wildman–Crippen LogP) is 5.22. The van der Waals surface area contributed by atoms with E-state index in [4.69, 9.17) is 5.53 Å². The van der Waals surface area contributed by atoms with Gasteiger partial charge in [0.15, 0.2) is 0 Å². The minimum absolute atomic E-state index is 0.266. The number of azide groups is 1. The molecule has 0 amide bonds. The maximum Gasteiger partial charge on any atom is 0.0374 e. The Kier molecular flexibility index (Phi) is 7.07. The minimum atomic E-state index is 0.266. The van der Waals surface area contributed by atoms with E-state index in [1.807, 2.05) is 0 Å². The predicted molar refractivity (Wildman–Crippen MR) is 68.3 cm³/mol. The molecule has 0 aromatic heterocycles. The van der Waals surface area contributed by atoms with Gasteiger partial charge in [0.25, 0.3) is 0 Å². The fourth-order valence-electron chi connectivity index (χ4n) is 2.58. The van der Waals surface area contributed by atoms with Crippen LogP contribution in [0.15, 0.2) is 5.11 Å². The van der Waals surface area contributed by atoms with E-state index in [-0.39, 0.29) is 6.04 Å². The summed E-state index contributed by atoms with van der Waals surface area (Å²) < 4.78 is 0. The highest BCUT2D eigenvalue weighted by atomic mass is 15.1. The average Bonchev–Trinajstić information content (AvgIpc) is 2.26. The van der Waals surface area contributed by atoms with Crippen molar-refractivity contribution in [3.8, 4) is 0 Å². The van der Waals surface area contributed by atoms with Crippen LogP contribution < -0.4 is 0 Å². The lowest BCUT2D eigenvalue weighted by molar-refractivity contribution is 0.407. The maximum absolute atomic E-state index is 8.50. The highest BCUT2D eigenvalue weighted by Gasteiger charge is 2.08. The number of nitrogens with zero attached hydrogens (tertiary/aromatic N) is 3. The van der Waals surface area contributed by atoms with Gasteiger partial charge in [-0.25, -0.2) is 0 Å². The normalized spacial score (nSPS) is 29.6. The van der Waals surface area contributed by atoms with Crippen LogP contribution in [-0.2, 0) is 0 Å². The molecular weight excluding hydrogens is 198 g/mol. The van der Waals surface area contributed by atoms with Gasteiger partial charge in [-0.3, -0.25) is 0 Å². The lowest BCUT2D eigenvalue weighted by atomic mass is 9.93. The molecule has 92 valence electrons. The van der Waals surface area contributed by atoms with Crippen LogP contribution in [0.1, 0.15) is 71.1 Å². The molecule has 0 heterocycles. The molecule has 1 saturated carbocycles. The maximum atomic E-state index is 8.50. The van der Waals surface area contributed by atoms with Crippen LogP contribution in [-0.4, -0.2) is 6.04 Å². The van der Waals surface area contributed by atoms with E-state index in [0.29, 0.717) is 0 Å². The summed E-state index contributed by atoms with van der Waals surface area (Å²) in [4.78, 5) is 2.96. The zero-order chi connectivity index (χ0) is 11.6. The Morgan fingerprint density at radius 1 is 0.875 bits per heavy atom. The molecule has 1 rings (SSSR count). The second-order valence-corrected chi connectivity index (χ2v) is 5.24. The lowest BCUT2D eigenvalue weighted by Gasteiger charge is -2.15. The van der Waals surface area contributed by atoms with Crippen LogP contribution in [0, 0.1) is 5.92 Å². The Labute approximate surface area is 99.2 Å². The molecule has 0 aromatic carbocycles. The Morgan fingerprint density at radius 3 is 1.88 bits per heavy atom. The lowest BCUT2D eigenvalue weighted by Crippen LogP contribution is -2.05. The molecule has 0 unspecified atom stereocenters. The van der Waals surface area contributed by atoms with E-state index in [2.05, 4.69) is 16.9 Å². The highest BCUT2D eigenvalue weighted by Crippen LogP contribution is 2.21. The topological polar surface area (TPSA) is 48.8 Å². The SMILES string of the molecule is CC1CCCCCC(N=[N+]=[N-])CCCCC1. The monoisotopic (exact) mass is 223 g/mol. The van der Waals surface area contributed by atoms with Crippen molar-refractivity contribution < 1.29 is 0 Å². The van der Waals surface area contributed by atoms with E-state index >= 15 is 0 Å². The quantitative estimate of drug-likeness (QED) is 0.332. The molecule has 0 bridgehead atoms. The molecule has 1 aliphatic carbocycles. The minimum Gasteiger partial charge on any atom is -0.0906 e. The molecule has 16 heavy (non-hydrogen) atoms. The summed E-state index contributed by atoms with van der Waals surface area (Å²) in [7, 11) is 0. The Bertz CT molecular complexity index is 207. The van der Waals surface area contributed by atoms with Gasteiger partial charge in [0.05, 0.1) is 0 Å². The summed E-state index contributed by atoms with van der Waals surface area (Å²) in [6.45, 7) is 2.38. The van der Waals surface area contributed by atoms with Crippen LogP contribution in [0.5, 0.6) is 0 Å². The van der Waals surface area contributed by atoms with E-state index in [1.165, 1.54) is 51.4 Å². The molecule has 0 N–H and O–H groups in total. The summed E-state index contributed by atoms with van der Waals surface area (Å²) >= 11 is 0. The van der Waals surface area contributed by atoms with Crippen molar-refractivity contribution in [3.05, 3.63) is 10.4 Å². The van der Waals surface area contributed by atoms with Gasteiger partial charge in [0, 0.05) is 11.0 Å². The van der Waals surface area contributed by atoms with Gasteiger partial charge in [-0.05, 0) is 24.3 Å². The Hall–Kier alpha value is -0.690. The second kappa shape index (κ2) is 8.46. The van der Waals surface area contributed by atoms with Crippen molar-refractivity contribution in [2.45, 2.75) is 77.2 Å². The fourth-order valence-corrected chi connectivity index (χ4v) is 2.58. The van der Waals surface area contributed by atoms with Crippen molar-refractivity contribution in [1.82, 2.24) is 0 Å². The molecule has 0 atom stereocenters. The van der Waals surface area contributed by atoms with Crippen LogP contribution in [0.4, 0.5) is 0 Å². The Balaban J connectivity index is 2.33. The van der Waals surface area contributed by atoms with Gasteiger partial charge in [0.2, 0.25) is 0 Å². The van der Waals surface area contributed by atoms with Crippen LogP contribution in [0.2, 0.25) is 0 Å². The van der Waals surface area contributed by atoms with E-state index < -0.39 is 0 Å². The first-order valence-corrected chi connectivity index (χ1v) is 6.87.